The summed E-state index contributed by atoms with van der Waals surface area (Å²) in [5.74, 6) is 0. The van der Waals surface area contributed by atoms with Gasteiger partial charge in [0, 0.05) is 23.5 Å². The fourth-order valence-corrected chi connectivity index (χ4v) is 1.42. The van der Waals surface area contributed by atoms with E-state index in [1.165, 1.54) is 0 Å². The lowest BCUT2D eigenvalue weighted by molar-refractivity contribution is 1.05. The van der Waals surface area contributed by atoms with E-state index in [2.05, 4.69) is 30.6 Å². The fourth-order valence-electron chi connectivity index (χ4n) is 1.42. The number of rotatable bonds is 2. The number of H-pyrrole nitrogens is 2. The lowest BCUT2D eigenvalue weighted by atomic mass is 10.2. The summed E-state index contributed by atoms with van der Waals surface area (Å²) < 4.78 is 0. The number of hydrogen-bond donors (Lipinski definition) is 2. The van der Waals surface area contributed by atoms with Gasteiger partial charge in [-0.2, -0.15) is 10.2 Å². The molecule has 3 rings (SSSR count). The molecule has 3 aromatic heterocycles. The predicted molar refractivity (Wildman–Crippen MR) is 57.2 cm³/mol. The van der Waals surface area contributed by atoms with Crippen LogP contribution in [0.1, 0.15) is 0 Å². The molecule has 0 atom stereocenters. The molecule has 2 N–H and O–H groups in total. The molecule has 0 fully saturated rings. The van der Waals surface area contributed by atoms with E-state index in [0.29, 0.717) is 0 Å². The number of nitrogens with zero attached hydrogens (tertiary/aromatic N) is 4. The van der Waals surface area contributed by atoms with E-state index in [4.69, 9.17) is 0 Å². The van der Waals surface area contributed by atoms with Gasteiger partial charge in [-0.3, -0.25) is 10.2 Å². The van der Waals surface area contributed by atoms with Crippen LogP contribution in [0.5, 0.6) is 0 Å². The summed E-state index contributed by atoms with van der Waals surface area (Å²) in [7, 11) is 0. The van der Waals surface area contributed by atoms with Crippen LogP contribution in [0.25, 0.3) is 22.5 Å². The monoisotopic (exact) mass is 212 g/mol. The summed E-state index contributed by atoms with van der Waals surface area (Å²) in [6.45, 7) is 0. The molecule has 3 heterocycles. The molecule has 0 unspecified atom stereocenters. The van der Waals surface area contributed by atoms with Crippen LogP contribution in [-0.2, 0) is 0 Å². The van der Waals surface area contributed by atoms with Crippen molar-refractivity contribution in [3.8, 4) is 22.5 Å². The van der Waals surface area contributed by atoms with Crippen LogP contribution in [0.3, 0.4) is 0 Å². The summed E-state index contributed by atoms with van der Waals surface area (Å²) >= 11 is 0. The van der Waals surface area contributed by atoms with Crippen molar-refractivity contribution in [2.24, 2.45) is 0 Å². The highest BCUT2D eigenvalue weighted by Gasteiger charge is 2.04. The highest BCUT2D eigenvalue weighted by molar-refractivity contribution is 5.61. The molecule has 0 saturated heterocycles. The standard InChI is InChI=1S/C10H8N6/c1-2-10(8-5-13-14-6-8)16-15-9(1)7-3-11-12-4-7/h1-6H,(H,11,12)(H,13,14). The van der Waals surface area contributed by atoms with Gasteiger partial charge in [0.2, 0.25) is 0 Å². The van der Waals surface area contributed by atoms with Crippen LogP contribution in [0.15, 0.2) is 36.9 Å². The molecule has 0 saturated carbocycles. The quantitative estimate of drug-likeness (QED) is 0.669. The van der Waals surface area contributed by atoms with Crippen molar-refractivity contribution in [3.05, 3.63) is 36.9 Å². The highest BCUT2D eigenvalue weighted by Crippen LogP contribution is 2.18. The summed E-state index contributed by atoms with van der Waals surface area (Å²) in [6.07, 6.45) is 6.98. The van der Waals surface area contributed by atoms with Crippen molar-refractivity contribution in [1.82, 2.24) is 30.6 Å². The summed E-state index contributed by atoms with van der Waals surface area (Å²) in [6, 6.07) is 3.81. The van der Waals surface area contributed by atoms with Gasteiger partial charge in [-0.15, -0.1) is 10.2 Å². The van der Waals surface area contributed by atoms with Gasteiger partial charge in [0.15, 0.2) is 0 Å². The average Bonchev–Trinajstić information content (AvgIpc) is 3.03. The van der Waals surface area contributed by atoms with E-state index < -0.39 is 0 Å². The van der Waals surface area contributed by atoms with Gasteiger partial charge in [-0.25, -0.2) is 0 Å². The van der Waals surface area contributed by atoms with Gasteiger partial charge in [-0.05, 0) is 12.1 Å². The Bertz CT molecular complexity index is 499. The molecule has 6 heteroatoms. The molecular weight excluding hydrogens is 204 g/mol. The van der Waals surface area contributed by atoms with E-state index in [9.17, 15) is 0 Å². The Kier molecular flexibility index (Phi) is 1.96. The van der Waals surface area contributed by atoms with Crippen molar-refractivity contribution in [1.29, 1.82) is 0 Å². The van der Waals surface area contributed by atoms with E-state index in [1.807, 2.05) is 12.1 Å². The molecule has 0 aliphatic rings. The van der Waals surface area contributed by atoms with Crippen LogP contribution in [0.2, 0.25) is 0 Å². The molecule has 78 valence electrons. The number of nitrogens with one attached hydrogen (secondary N) is 2. The maximum atomic E-state index is 4.13. The first-order valence-electron chi connectivity index (χ1n) is 4.75. The van der Waals surface area contributed by atoms with Crippen molar-refractivity contribution in [2.75, 3.05) is 0 Å². The Morgan fingerprint density at radius 2 is 1.25 bits per heavy atom. The third-order valence-electron chi connectivity index (χ3n) is 2.25. The topological polar surface area (TPSA) is 83.1 Å². The Balaban J connectivity index is 1.97. The van der Waals surface area contributed by atoms with Gasteiger partial charge < -0.3 is 0 Å². The molecule has 6 nitrogen and oxygen atoms in total. The third-order valence-corrected chi connectivity index (χ3v) is 2.25. The van der Waals surface area contributed by atoms with Crippen LogP contribution < -0.4 is 0 Å². The maximum absolute atomic E-state index is 4.13. The largest absolute Gasteiger partial charge is 0.285 e. The first-order chi connectivity index (χ1) is 7.93. The van der Waals surface area contributed by atoms with Crippen molar-refractivity contribution in [3.63, 3.8) is 0 Å². The smallest absolute Gasteiger partial charge is 0.0961 e. The van der Waals surface area contributed by atoms with E-state index in [-0.39, 0.29) is 0 Å². The zero-order chi connectivity index (χ0) is 10.8. The van der Waals surface area contributed by atoms with E-state index in [0.717, 1.165) is 22.5 Å². The SMILES string of the molecule is c1n[nH]cc1-c1ccc(-c2cn[nH]c2)nn1. The Labute approximate surface area is 90.7 Å². The lowest BCUT2D eigenvalue weighted by Gasteiger charge is -1.97. The van der Waals surface area contributed by atoms with Crippen LogP contribution in [0.4, 0.5) is 0 Å². The molecule has 0 aromatic carbocycles. The predicted octanol–water partition coefficient (Wildman–Crippen LogP) is 1.26. The minimum absolute atomic E-state index is 0.793. The molecule has 0 radical (unpaired) electrons. The van der Waals surface area contributed by atoms with Gasteiger partial charge in [0.25, 0.3) is 0 Å². The van der Waals surface area contributed by atoms with Crippen LogP contribution in [-0.4, -0.2) is 30.6 Å². The van der Waals surface area contributed by atoms with E-state index in [1.54, 1.807) is 24.8 Å². The normalized spacial score (nSPS) is 10.5. The Hall–Kier alpha value is -2.50. The summed E-state index contributed by atoms with van der Waals surface area (Å²) in [5.41, 5.74) is 3.43. The van der Waals surface area contributed by atoms with Crippen molar-refractivity contribution in [2.45, 2.75) is 0 Å². The second kappa shape index (κ2) is 3.58. The zero-order valence-electron chi connectivity index (χ0n) is 8.25. The maximum Gasteiger partial charge on any atom is 0.0961 e. The summed E-state index contributed by atoms with van der Waals surface area (Å²) in [5, 5.41) is 21.5. The molecule has 0 aliphatic heterocycles. The van der Waals surface area contributed by atoms with Gasteiger partial charge in [0.1, 0.15) is 0 Å². The number of aromatic amines is 2. The lowest BCUT2D eigenvalue weighted by Crippen LogP contribution is -1.88. The zero-order valence-corrected chi connectivity index (χ0v) is 8.25. The second-order valence-corrected chi connectivity index (χ2v) is 3.28. The second-order valence-electron chi connectivity index (χ2n) is 3.28. The number of aromatic nitrogens is 6. The van der Waals surface area contributed by atoms with Gasteiger partial charge in [-0.1, -0.05) is 0 Å². The van der Waals surface area contributed by atoms with Crippen molar-refractivity contribution >= 4 is 0 Å². The minimum Gasteiger partial charge on any atom is -0.285 e. The Morgan fingerprint density at radius 1 is 0.750 bits per heavy atom. The van der Waals surface area contributed by atoms with Crippen molar-refractivity contribution < 1.29 is 0 Å². The van der Waals surface area contributed by atoms with Gasteiger partial charge in [0.05, 0.1) is 23.8 Å². The first-order valence-corrected chi connectivity index (χ1v) is 4.75. The minimum atomic E-state index is 0.793. The summed E-state index contributed by atoms with van der Waals surface area (Å²) in [4.78, 5) is 0. The molecule has 0 bridgehead atoms. The fraction of sp³-hybridized carbons (Fsp3) is 0. The molecule has 16 heavy (non-hydrogen) atoms. The number of hydrogen-bond acceptors (Lipinski definition) is 4. The van der Waals surface area contributed by atoms with Crippen LogP contribution >= 0.6 is 0 Å². The third kappa shape index (κ3) is 1.46. The molecule has 0 aliphatic carbocycles. The molecular formula is C10H8N6. The highest BCUT2D eigenvalue weighted by atomic mass is 15.1. The molecule has 3 aromatic rings. The molecule has 0 amide bonds. The van der Waals surface area contributed by atoms with Gasteiger partial charge >= 0.3 is 0 Å². The van der Waals surface area contributed by atoms with Crippen LogP contribution in [0, 0.1) is 0 Å². The first kappa shape index (κ1) is 8.78. The Morgan fingerprint density at radius 3 is 1.56 bits per heavy atom. The average molecular weight is 212 g/mol. The van der Waals surface area contributed by atoms with E-state index >= 15 is 0 Å². The molecule has 0 spiro atoms.